The molecule has 1 aliphatic rings. The molecule has 1 aliphatic carbocycles. The second kappa shape index (κ2) is 6.55. The quantitative estimate of drug-likeness (QED) is 0.738. The van der Waals surface area contributed by atoms with E-state index in [2.05, 4.69) is 5.32 Å². The molecule has 0 radical (unpaired) electrons. The van der Waals surface area contributed by atoms with Crippen LogP contribution in [0, 0.1) is 0 Å². The van der Waals surface area contributed by atoms with Crippen LogP contribution in [-0.4, -0.2) is 23.7 Å². The first kappa shape index (κ1) is 16.2. The van der Waals surface area contributed by atoms with Gasteiger partial charge in [0.1, 0.15) is 28.2 Å². The molecule has 1 saturated carbocycles. The molecule has 2 N–H and O–H groups in total. The van der Waals surface area contributed by atoms with Crippen LogP contribution in [0.25, 0.3) is 22.3 Å². The van der Waals surface area contributed by atoms with Crippen molar-refractivity contribution >= 4 is 16.9 Å². The Hall–Kier alpha value is -3.28. The fourth-order valence-electron chi connectivity index (χ4n) is 2.72. The molecule has 0 aliphatic heterocycles. The van der Waals surface area contributed by atoms with E-state index in [1.165, 1.54) is 18.2 Å². The molecule has 3 aromatic rings. The predicted octanol–water partition coefficient (Wildman–Crippen LogP) is 2.82. The molecule has 0 unspecified atom stereocenters. The Bertz CT molecular complexity index is 1020. The number of carbonyl (C=O) groups excluding carboxylic acids is 1. The Labute approximate surface area is 149 Å². The normalized spacial score (nSPS) is 13.5. The average Bonchev–Trinajstić information content (AvgIpc) is 3.44. The van der Waals surface area contributed by atoms with E-state index >= 15 is 0 Å². The summed E-state index contributed by atoms with van der Waals surface area (Å²) in [7, 11) is 0. The summed E-state index contributed by atoms with van der Waals surface area (Å²) in [5.41, 5.74) is 0.607. The van der Waals surface area contributed by atoms with Crippen LogP contribution in [0.3, 0.4) is 0 Å². The number of phenols is 1. The topological polar surface area (TPSA) is 88.8 Å². The molecule has 6 heteroatoms. The number of hydrogen-bond acceptors (Lipinski definition) is 5. The maximum absolute atomic E-state index is 12.4. The number of phenolic OH excluding ortho intramolecular Hbond substituents is 1. The van der Waals surface area contributed by atoms with Gasteiger partial charge in [-0.05, 0) is 12.8 Å². The molecule has 26 heavy (non-hydrogen) atoms. The molecule has 4 rings (SSSR count). The highest BCUT2D eigenvalue weighted by molar-refractivity contribution is 5.86. The van der Waals surface area contributed by atoms with Crippen LogP contribution in [-0.2, 0) is 4.79 Å². The van der Waals surface area contributed by atoms with E-state index in [0.29, 0.717) is 5.76 Å². The van der Waals surface area contributed by atoms with E-state index in [1.807, 2.05) is 30.3 Å². The Morgan fingerprint density at radius 2 is 1.96 bits per heavy atom. The molecule has 1 fully saturated rings. The zero-order valence-electron chi connectivity index (χ0n) is 13.9. The van der Waals surface area contributed by atoms with Crippen LogP contribution in [0.2, 0.25) is 0 Å². The highest BCUT2D eigenvalue weighted by Gasteiger charge is 2.23. The predicted molar refractivity (Wildman–Crippen MR) is 96.2 cm³/mol. The number of rotatable bonds is 5. The minimum absolute atomic E-state index is 0.0828. The molecular weight excluding hydrogens is 334 g/mol. The second-order valence-corrected chi connectivity index (χ2v) is 6.29. The van der Waals surface area contributed by atoms with Crippen molar-refractivity contribution in [1.82, 2.24) is 5.32 Å². The summed E-state index contributed by atoms with van der Waals surface area (Å²) in [5, 5.41) is 13.1. The van der Waals surface area contributed by atoms with Gasteiger partial charge in [0, 0.05) is 29.8 Å². The number of aromatic hydroxyl groups is 1. The molecule has 0 spiro atoms. The second-order valence-electron chi connectivity index (χ2n) is 6.29. The lowest BCUT2D eigenvalue weighted by Crippen LogP contribution is -2.30. The molecule has 1 amide bonds. The minimum atomic E-state index is -0.347. The third-order valence-corrected chi connectivity index (χ3v) is 4.15. The smallest absolute Gasteiger partial charge is 0.258 e. The molecule has 1 aromatic heterocycles. The maximum Gasteiger partial charge on any atom is 0.258 e. The molecule has 0 saturated heterocycles. The van der Waals surface area contributed by atoms with Gasteiger partial charge in [-0.15, -0.1) is 0 Å². The molecule has 6 nitrogen and oxygen atoms in total. The summed E-state index contributed by atoms with van der Waals surface area (Å²) in [6.45, 7) is -0.163. The van der Waals surface area contributed by atoms with Gasteiger partial charge in [0.2, 0.25) is 0 Å². The van der Waals surface area contributed by atoms with E-state index < -0.39 is 0 Å². The number of ether oxygens (including phenoxy) is 1. The fourth-order valence-corrected chi connectivity index (χ4v) is 2.72. The third kappa shape index (κ3) is 3.39. The van der Waals surface area contributed by atoms with E-state index in [-0.39, 0.29) is 46.5 Å². The highest BCUT2D eigenvalue weighted by atomic mass is 16.5. The van der Waals surface area contributed by atoms with Gasteiger partial charge in [-0.1, -0.05) is 30.3 Å². The molecule has 0 bridgehead atoms. The molecule has 0 atom stereocenters. The Kier molecular flexibility index (Phi) is 4.08. The van der Waals surface area contributed by atoms with Crippen molar-refractivity contribution in [2.24, 2.45) is 0 Å². The maximum atomic E-state index is 12.4. The van der Waals surface area contributed by atoms with Crippen molar-refractivity contribution in [2.45, 2.75) is 18.9 Å². The average molecular weight is 351 g/mol. The molecule has 1 heterocycles. The summed E-state index contributed by atoms with van der Waals surface area (Å²) >= 11 is 0. The van der Waals surface area contributed by atoms with Gasteiger partial charge in [-0.25, -0.2) is 0 Å². The number of hydrogen-bond donors (Lipinski definition) is 2. The van der Waals surface area contributed by atoms with Crippen LogP contribution in [0.15, 0.2) is 57.7 Å². The summed E-state index contributed by atoms with van der Waals surface area (Å²) in [6, 6.07) is 13.6. The van der Waals surface area contributed by atoms with Crippen LogP contribution < -0.4 is 15.5 Å². The Balaban J connectivity index is 1.65. The van der Waals surface area contributed by atoms with Gasteiger partial charge < -0.3 is 19.6 Å². The molecular formula is C20H17NO5. The van der Waals surface area contributed by atoms with Crippen molar-refractivity contribution in [3.8, 4) is 22.8 Å². The number of amides is 1. The third-order valence-electron chi connectivity index (χ3n) is 4.15. The van der Waals surface area contributed by atoms with Crippen LogP contribution in [0.4, 0.5) is 0 Å². The van der Waals surface area contributed by atoms with Gasteiger partial charge >= 0.3 is 0 Å². The van der Waals surface area contributed by atoms with Crippen LogP contribution >= 0.6 is 0 Å². The number of nitrogens with one attached hydrogen (secondary N) is 1. The standard InChI is InChI=1S/C20H17NO5/c22-15-8-14(25-11-19(24)21-13-6-7-13)9-18-20(15)16(23)10-17(26-18)12-4-2-1-3-5-12/h1-5,8-10,13,22H,6-7,11H2,(H,21,24). The molecule has 132 valence electrons. The van der Waals surface area contributed by atoms with Gasteiger partial charge in [-0.2, -0.15) is 0 Å². The van der Waals surface area contributed by atoms with Crippen LogP contribution in [0.1, 0.15) is 12.8 Å². The van der Waals surface area contributed by atoms with Gasteiger partial charge in [0.05, 0.1) is 0 Å². The van der Waals surface area contributed by atoms with Crippen molar-refractivity contribution in [3.05, 3.63) is 58.8 Å². The van der Waals surface area contributed by atoms with Gasteiger partial charge in [0.25, 0.3) is 5.91 Å². The largest absolute Gasteiger partial charge is 0.507 e. The van der Waals surface area contributed by atoms with E-state index in [1.54, 1.807) is 0 Å². The first-order valence-corrected chi connectivity index (χ1v) is 8.38. The van der Waals surface area contributed by atoms with Crippen molar-refractivity contribution in [3.63, 3.8) is 0 Å². The first-order chi connectivity index (χ1) is 12.6. The molecule has 2 aromatic carbocycles. The highest BCUT2D eigenvalue weighted by Crippen LogP contribution is 2.31. The SMILES string of the molecule is O=C(COc1cc(O)c2c(=O)cc(-c3ccccc3)oc2c1)NC1CC1. The summed E-state index contributed by atoms with van der Waals surface area (Å²) < 4.78 is 11.2. The van der Waals surface area contributed by atoms with Crippen molar-refractivity contribution in [1.29, 1.82) is 0 Å². The zero-order chi connectivity index (χ0) is 18.1. The van der Waals surface area contributed by atoms with E-state index in [0.717, 1.165) is 18.4 Å². The van der Waals surface area contributed by atoms with E-state index in [4.69, 9.17) is 9.15 Å². The lowest BCUT2D eigenvalue weighted by molar-refractivity contribution is -0.123. The summed E-state index contributed by atoms with van der Waals surface area (Å²) in [5.74, 6) is 0.195. The fraction of sp³-hybridized carbons (Fsp3) is 0.200. The van der Waals surface area contributed by atoms with E-state index in [9.17, 15) is 14.7 Å². The van der Waals surface area contributed by atoms with Crippen molar-refractivity contribution < 1.29 is 19.1 Å². The number of carbonyl (C=O) groups is 1. The van der Waals surface area contributed by atoms with Gasteiger partial charge in [-0.3, -0.25) is 9.59 Å². The number of fused-ring (bicyclic) bond motifs is 1. The minimum Gasteiger partial charge on any atom is -0.507 e. The summed E-state index contributed by atoms with van der Waals surface area (Å²) in [6.07, 6.45) is 1.99. The van der Waals surface area contributed by atoms with Crippen LogP contribution in [0.5, 0.6) is 11.5 Å². The zero-order valence-corrected chi connectivity index (χ0v) is 13.9. The first-order valence-electron chi connectivity index (χ1n) is 8.38. The lowest BCUT2D eigenvalue weighted by Gasteiger charge is -2.09. The lowest BCUT2D eigenvalue weighted by atomic mass is 10.1. The number of benzene rings is 2. The Morgan fingerprint density at radius 1 is 1.19 bits per heavy atom. The monoisotopic (exact) mass is 351 g/mol. The summed E-state index contributed by atoms with van der Waals surface area (Å²) in [4.78, 5) is 24.1. The Morgan fingerprint density at radius 3 is 2.69 bits per heavy atom. The van der Waals surface area contributed by atoms with Crippen molar-refractivity contribution in [2.75, 3.05) is 6.61 Å². The van der Waals surface area contributed by atoms with Gasteiger partial charge in [0.15, 0.2) is 12.0 Å².